The lowest BCUT2D eigenvalue weighted by atomic mass is 10.5. The van der Waals surface area contributed by atoms with E-state index in [-0.39, 0.29) is 0 Å². The molecule has 0 saturated carbocycles. The molecule has 0 saturated heterocycles. The summed E-state index contributed by atoms with van der Waals surface area (Å²) >= 11 is 3.36. The van der Waals surface area contributed by atoms with Crippen LogP contribution >= 0.6 is 23.1 Å². The number of fused-ring (bicyclic) bond motifs is 1. The van der Waals surface area contributed by atoms with Crippen molar-refractivity contribution in [2.75, 3.05) is 11.5 Å². The van der Waals surface area contributed by atoms with Crippen molar-refractivity contribution in [3.8, 4) is 0 Å². The highest BCUT2D eigenvalue weighted by molar-refractivity contribution is 7.99. The molecule has 2 aromatic heterocycles. The second-order valence-electron chi connectivity index (χ2n) is 2.45. The Labute approximate surface area is 84.4 Å². The summed E-state index contributed by atoms with van der Waals surface area (Å²) in [5, 5.41) is 3.01. The van der Waals surface area contributed by atoms with E-state index in [0.29, 0.717) is 5.95 Å². The summed E-state index contributed by atoms with van der Waals surface area (Å²) in [6.45, 7) is 2.10. The molecule has 0 radical (unpaired) electrons. The van der Waals surface area contributed by atoms with Crippen molar-refractivity contribution in [3.05, 3.63) is 11.4 Å². The van der Waals surface area contributed by atoms with Crippen molar-refractivity contribution in [2.24, 2.45) is 0 Å². The average molecular weight is 211 g/mol. The SMILES string of the molecule is CCSc1nc(N)nc2ccsc12. The molecule has 0 aromatic carbocycles. The van der Waals surface area contributed by atoms with Crippen LogP contribution in [0.15, 0.2) is 16.5 Å². The summed E-state index contributed by atoms with van der Waals surface area (Å²) in [6.07, 6.45) is 0. The number of anilines is 1. The largest absolute Gasteiger partial charge is 0.368 e. The third kappa shape index (κ3) is 1.62. The van der Waals surface area contributed by atoms with E-state index in [4.69, 9.17) is 5.73 Å². The van der Waals surface area contributed by atoms with E-state index in [9.17, 15) is 0 Å². The van der Waals surface area contributed by atoms with Gasteiger partial charge < -0.3 is 5.73 Å². The summed E-state index contributed by atoms with van der Waals surface area (Å²) in [4.78, 5) is 8.35. The Morgan fingerprint density at radius 2 is 2.38 bits per heavy atom. The Kier molecular flexibility index (Phi) is 2.37. The molecule has 5 heteroatoms. The number of nitrogen functional groups attached to an aromatic ring is 1. The van der Waals surface area contributed by atoms with Crippen LogP contribution in [0.5, 0.6) is 0 Å². The first-order valence-corrected chi connectivity index (χ1v) is 5.81. The number of thioether (sulfide) groups is 1. The van der Waals surface area contributed by atoms with Gasteiger partial charge in [-0.1, -0.05) is 6.92 Å². The molecule has 2 aromatic rings. The Hall–Kier alpha value is -0.810. The van der Waals surface area contributed by atoms with Crippen molar-refractivity contribution in [1.29, 1.82) is 0 Å². The predicted molar refractivity (Wildman–Crippen MR) is 58.2 cm³/mol. The average Bonchev–Trinajstić information content (AvgIpc) is 2.52. The van der Waals surface area contributed by atoms with Crippen LogP contribution < -0.4 is 5.73 Å². The maximum absolute atomic E-state index is 5.58. The quantitative estimate of drug-likeness (QED) is 0.612. The van der Waals surface area contributed by atoms with E-state index in [0.717, 1.165) is 21.0 Å². The van der Waals surface area contributed by atoms with Crippen molar-refractivity contribution < 1.29 is 0 Å². The highest BCUT2D eigenvalue weighted by atomic mass is 32.2. The van der Waals surface area contributed by atoms with Gasteiger partial charge in [0.1, 0.15) is 5.03 Å². The standard InChI is InChI=1S/C8H9N3S2/c1-2-12-7-6-5(3-4-13-6)10-8(9)11-7/h3-4H,2H2,1H3,(H2,9,10,11). The van der Waals surface area contributed by atoms with Gasteiger partial charge in [0.15, 0.2) is 0 Å². The lowest BCUT2D eigenvalue weighted by Crippen LogP contribution is -1.95. The van der Waals surface area contributed by atoms with Crippen LogP contribution in [0.1, 0.15) is 6.92 Å². The van der Waals surface area contributed by atoms with Crippen LogP contribution in [0.4, 0.5) is 5.95 Å². The third-order valence-electron chi connectivity index (χ3n) is 1.57. The van der Waals surface area contributed by atoms with Crippen LogP contribution in [0.2, 0.25) is 0 Å². The fraction of sp³-hybridized carbons (Fsp3) is 0.250. The van der Waals surface area contributed by atoms with Gasteiger partial charge in [0.05, 0.1) is 10.2 Å². The van der Waals surface area contributed by atoms with Gasteiger partial charge in [-0.05, 0) is 17.2 Å². The normalized spacial score (nSPS) is 10.8. The van der Waals surface area contributed by atoms with Crippen molar-refractivity contribution >= 4 is 39.3 Å². The first-order chi connectivity index (χ1) is 6.31. The zero-order valence-corrected chi connectivity index (χ0v) is 8.78. The monoisotopic (exact) mass is 211 g/mol. The summed E-state index contributed by atoms with van der Waals surface area (Å²) in [5.74, 6) is 1.37. The first-order valence-electron chi connectivity index (χ1n) is 3.94. The second-order valence-corrected chi connectivity index (χ2v) is 4.62. The number of hydrogen-bond acceptors (Lipinski definition) is 5. The molecule has 2 rings (SSSR count). The van der Waals surface area contributed by atoms with Crippen molar-refractivity contribution in [1.82, 2.24) is 9.97 Å². The topological polar surface area (TPSA) is 51.8 Å². The third-order valence-corrected chi connectivity index (χ3v) is 3.47. The lowest BCUT2D eigenvalue weighted by molar-refractivity contribution is 1.13. The van der Waals surface area contributed by atoms with Crippen LogP contribution in [0, 0.1) is 0 Å². The molecule has 3 nitrogen and oxygen atoms in total. The molecule has 0 aliphatic rings. The molecule has 13 heavy (non-hydrogen) atoms. The smallest absolute Gasteiger partial charge is 0.221 e. The number of rotatable bonds is 2. The Bertz CT molecular complexity index is 424. The van der Waals surface area contributed by atoms with Crippen LogP contribution in [-0.4, -0.2) is 15.7 Å². The second kappa shape index (κ2) is 3.51. The van der Waals surface area contributed by atoms with E-state index in [2.05, 4.69) is 16.9 Å². The molecule has 0 aliphatic heterocycles. The Morgan fingerprint density at radius 1 is 1.54 bits per heavy atom. The van der Waals surface area contributed by atoms with E-state index in [1.54, 1.807) is 23.1 Å². The highest BCUT2D eigenvalue weighted by Gasteiger charge is 2.06. The minimum absolute atomic E-state index is 0.363. The van der Waals surface area contributed by atoms with Gasteiger partial charge in [-0.15, -0.1) is 23.1 Å². The molecule has 68 valence electrons. The van der Waals surface area contributed by atoms with Gasteiger partial charge in [-0.25, -0.2) is 9.97 Å². The van der Waals surface area contributed by atoms with Crippen molar-refractivity contribution in [2.45, 2.75) is 11.9 Å². The molecule has 0 fully saturated rings. The van der Waals surface area contributed by atoms with Gasteiger partial charge in [0, 0.05) is 0 Å². The molecule has 0 spiro atoms. The molecule has 0 aliphatic carbocycles. The van der Waals surface area contributed by atoms with Gasteiger partial charge in [-0.2, -0.15) is 0 Å². The molecule has 2 N–H and O–H groups in total. The molecule has 0 bridgehead atoms. The molecular formula is C8H9N3S2. The summed E-state index contributed by atoms with van der Waals surface area (Å²) in [7, 11) is 0. The van der Waals surface area contributed by atoms with Gasteiger partial charge in [0.25, 0.3) is 0 Å². The molecule has 2 heterocycles. The number of hydrogen-bond donors (Lipinski definition) is 1. The van der Waals surface area contributed by atoms with E-state index in [1.165, 1.54) is 0 Å². The lowest BCUT2D eigenvalue weighted by Gasteiger charge is -1.99. The molecule has 0 atom stereocenters. The van der Waals surface area contributed by atoms with E-state index < -0.39 is 0 Å². The van der Waals surface area contributed by atoms with Crippen molar-refractivity contribution in [3.63, 3.8) is 0 Å². The van der Waals surface area contributed by atoms with Gasteiger partial charge in [-0.3, -0.25) is 0 Å². The minimum Gasteiger partial charge on any atom is -0.368 e. The number of nitrogens with zero attached hydrogens (tertiary/aromatic N) is 2. The molecule has 0 amide bonds. The first kappa shape index (κ1) is 8.77. The highest BCUT2D eigenvalue weighted by Crippen LogP contribution is 2.29. The summed E-state index contributed by atoms with van der Waals surface area (Å²) < 4.78 is 1.14. The Morgan fingerprint density at radius 3 is 3.15 bits per heavy atom. The van der Waals surface area contributed by atoms with Crippen LogP contribution in [0.3, 0.4) is 0 Å². The maximum Gasteiger partial charge on any atom is 0.221 e. The number of thiophene rings is 1. The number of aromatic nitrogens is 2. The fourth-order valence-corrected chi connectivity index (χ4v) is 2.79. The molecule has 0 unspecified atom stereocenters. The zero-order valence-electron chi connectivity index (χ0n) is 7.15. The fourth-order valence-electron chi connectivity index (χ4n) is 1.09. The van der Waals surface area contributed by atoms with Crippen LogP contribution in [-0.2, 0) is 0 Å². The maximum atomic E-state index is 5.58. The molecular weight excluding hydrogens is 202 g/mol. The zero-order chi connectivity index (χ0) is 9.26. The minimum atomic E-state index is 0.363. The van der Waals surface area contributed by atoms with Crippen LogP contribution in [0.25, 0.3) is 10.2 Å². The van der Waals surface area contributed by atoms with E-state index in [1.807, 2.05) is 11.4 Å². The van der Waals surface area contributed by atoms with Gasteiger partial charge in [0.2, 0.25) is 5.95 Å². The summed E-state index contributed by atoms with van der Waals surface area (Å²) in [5.41, 5.74) is 6.54. The van der Waals surface area contributed by atoms with E-state index >= 15 is 0 Å². The number of nitrogens with two attached hydrogens (primary N) is 1. The van der Waals surface area contributed by atoms with Gasteiger partial charge >= 0.3 is 0 Å². The Balaban J connectivity index is 2.63. The predicted octanol–water partition coefficient (Wildman–Crippen LogP) is 2.39. The summed E-state index contributed by atoms with van der Waals surface area (Å²) in [6, 6.07) is 1.97.